The van der Waals surface area contributed by atoms with Gasteiger partial charge in [-0.2, -0.15) is 17.0 Å². The van der Waals surface area contributed by atoms with Crippen LogP contribution in [0.25, 0.3) is 0 Å². The van der Waals surface area contributed by atoms with Crippen LogP contribution in [0.4, 0.5) is 0 Å². The fourth-order valence-corrected chi connectivity index (χ4v) is 4.04. The summed E-state index contributed by atoms with van der Waals surface area (Å²) < 4.78 is 32.3. The lowest BCUT2D eigenvalue weighted by Crippen LogP contribution is -2.49. The van der Waals surface area contributed by atoms with Crippen molar-refractivity contribution >= 4 is 16.2 Å². The number of likely N-dealkylation sites (N-methyl/N-ethyl adjacent to an activating group) is 1. The highest BCUT2D eigenvalue weighted by Crippen LogP contribution is 2.24. The third-order valence-corrected chi connectivity index (χ3v) is 5.61. The zero-order chi connectivity index (χ0) is 13.3. The Morgan fingerprint density at radius 2 is 1.94 bits per heavy atom. The zero-order valence-corrected chi connectivity index (χ0v) is 11.1. The molecule has 2 fully saturated rings. The molecular formula is C10H18N2O5S. The molecule has 0 bridgehead atoms. The Bertz CT molecular complexity index is 418. The summed E-state index contributed by atoms with van der Waals surface area (Å²) in [7, 11) is -2.13. The minimum Gasteiger partial charge on any atom is -0.481 e. The third kappa shape index (κ3) is 2.37. The van der Waals surface area contributed by atoms with Crippen LogP contribution in [0.1, 0.15) is 12.8 Å². The maximum atomic E-state index is 12.3. The lowest BCUT2D eigenvalue weighted by atomic mass is 10.1. The van der Waals surface area contributed by atoms with E-state index in [2.05, 4.69) is 0 Å². The number of hydrogen-bond donors (Lipinski definition) is 1. The number of aliphatic carboxylic acids is 1. The Morgan fingerprint density at radius 1 is 1.33 bits per heavy atom. The molecule has 2 saturated heterocycles. The van der Waals surface area contributed by atoms with Crippen LogP contribution in [0, 0.1) is 5.92 Å². The van der Waals surface area contributed by atoms with Gasteiger partial charge in [-0.05, 0) is 12.8 Å². The van der Waals surface area contributed by atoms with Gasteiger partial charge in [0.1, 0.15) is 0 Å². The van der Waals surface area contributed by atoms with E-state index in [1.165, 1.54) is 11.4 Å². The van der Waals surface area contributed by atoms with Crippen molar-refractivity contribution in [2.45, 2.75) is 18.9 Å². The third-order valence-electron chi connectivity index (χ3n) is 3.59. The fourth-order valence-electron chi connectivity index (χ4n) is 2.41. The van der Waals surface area contributed by atoms with Crippen molar-refractivity contribution < 1.29 is 23.1 Å². The number of hydrogen-bond acceptors (Lipinski definition) is 4. The normalized spacial score (nSPS) is 30.1. The molecule has 104 valence electrons. The summed E-state index contributed by atoms with van der Waals surface area (Å²) >= 11 is 0. The first kappa shape index (κ1) is 13.7. The smallest absolute Gasteiger partial charge is 0.310 e. The highest BCUT2D eigenvalue weighted by atomic mass is 32.2. The molecule has 2 unspecified atom stereocenters. The predicted molar refractivity (Wildman–Crippen MR) is 63.2 cm³/mol. The van der Waals surface area contributed by atoms with Gasteiger partial charge in [-0.25, -0.2) is 0 Å². The van der Waals surface area contributed by atoms with Gasteiger partial charge < -0.3 is 9.84 Å². The molecule has 0 aromatic heterocycles. The van der Waals surface area contributed by atoms with Gasteiger partial charge in [0.25, 0.3) is 10.2 Å². The molecule has 0 spiro atoms. The summed E-state index contributed by atoms with van der Waals surface area (Å²) in [4.78, 5) is 11.0. The van der Waals surface area contributed by atoms with Crippen molar-refractivity contribution in [1.29, 1.82) is 0 Å². The van der Waals surface area contributed by atoms with Crippen LogP contribution in [0.15, 0.2) is 0 Å². The van der Waals surface area contributed by atoms with Crippen molar-refractivity contribution in [3.05, 3.63) is 0 Å². The van der Waals surface area contributed by atoms with Gasteiger partial charge in [0.2, 0.25) is 0 Å². The Balaban J connectivity index is 2.14. The minimum absolute atomic E-state index is 0.0693. The quantitative estimate of drug-likeness (QED) is 0.739. The Kier molecular flexibility index (Phi) is 3.90. The molecule has 0 saturated carbocycles. The Hall–Kier alpha value is -0.700. The molecule has 2 aliphatic heterocycles. The second-order valence-corrected chi connectivity index (χ2v) is 6.67. The second-order valence-electron chi connectivity index (χ2n) is 4.68. The van der Waals surface area contributed by atoms with Crippen molar-refractivity contribution in [2.24, 2.45) is 5.92 Å². The van der Waals surface area contributed by atoms with Crippen molar-refractivity contribution in [3.8, 4) is 0 Å². The van der Waals surface area contributed by atoms with Crippen LogP contribution in [-0.4, -0.2) is 67.5 Å². The van der Waals surface area contributed by atoms with Gasteiger partial charge in [0, 0.05) is 20.1 Å². The van der Waals surface area contributed by atoms with E-state index >= 15 is 0 Å². The second kappa shape index (κ2) is 5.12. The summed E-state index contributed by atoms with van der Waals surface area (Å²) in [6.07, 6.45) is 1.72. The van der Waals surface area contributed by atoms with Crippen molar-refractivity contribution in [2.75, 3.05) is 33.4 Å². The maximum Gasteiger partial charge on any atom is 0.310 e. The first-order valence-electron chi connectivity index (χ1n) is 5.98. The summed E-state index contributed by atoms with van der Waals surface area (Å²) in [6, 6.07) is -0.618. The molecule has 2 aliphatic rings. The number of carboxylic acids is 1. The SMILES string of the molecule is CN(C1COCC1C(=O)O)S(=O)(=O)N1CCCC1. The van der Waals surface area contributed by atoms with Gasteiger partial charge in [-0.1, -0.05) is 0 Å². The van der Waals surface area contributed by atoms with Crippen LogP contribution in [0.2, 0.25) is 0 Å². The predicted octanol–water partition coefficient (Wildman–Crippen LogP) is -0.642. The highest BCUT2D eigenvalue weighted by molar-refractivity contribution is 7.86. The largest absolute Gasteiger partial charge is 0.481 e. The molecule has 1 N–H and O–H groups in total. The maximum absolute atomic E-state index is 12.3. The van der Waals surface area contributed by atoms with E-state index in [1.807, 2.05) is 0 Å². The van der Waals surface area contributed by atoms with Crippen LogP contribution >= 0.6 is 0 Å². The average molecular weight is 278 g/mol. The molecule has 2 heterocycles. The van der Waals surface area contributed by atoms with Crippen LogP contribution < -0.4 is 0 Å². The van der Waals surface area contributed by atoms with Crippen LogP contribution in [0.3, 0.4) is 0 Å². The first-order valence-corrected chi connectivity index (χ1v) is 7.38. The molecule has 2 rings (SSSR count). The van der Waals surface area contributed by atoms with E-state index in [-0.39, 0.29) is 13.2 Å². The molecule has 2 atom stereocenters. The fraction of sp³-hybridized carbons (Fsp3) is 0.900. The first-order chi connectivity index (χ1) is 8.44. The molecule has 0 aromatic rings. The van der Waals surface area contributed by atoms with E-state index in [4.69, 9.17) is 9.84 Å². The van der Waals surface area contributed by atoms with E-state index in [1.54, 1.807) is 0 Å². The van der Waals surface area contributed by atoms with Gasteiger partial charge in [0.15, 0.2) is 0 Å². The standard InChI is InChI=1S/C10H18N2O5S/c1-11(9-7-17-6-8(9)10(13)14)18(15,16)12-4-2-3-5-12/h8-9H,2-7H2,1H3,(H,13,14). The van der Waals surface area contributed by atoms with E-state index < -0.39 is 28.1 Å². The van der Waals surface area contributed by atoms with E-state index in [0.717, 1.165) is 17.1 Å². The Morgan fingerprint density at radius 3 is 2.50 bits per heavy atom. The lowest BCUT2D eigenvalue weighted by molar-refractivity contribution is -0.142. The minimum atomic E-state index is -3.57. The highest BCUT2D eigenvalue weighted by Gasteiger charge is 2.43. The number of carbonyl (C=O) groups is 1. The summed E-state index contributed by atoms with van der Waals surface area (Å²) in [5.74, 6) is -1.80. The lowest BCUT2D eigenvalue weighted by Gasteiger charge is -2.29. The monoisotopic (exact) mass is 278 g/mol. The Labute approximate surface area is 106 Å². The molecule has 0 aromatic carbocycles. The summed E-state index contributed by atoms with van der Waals surface area (Å²) in [6.45, 7) is 1.23. The van der Waals surface area contributed by atoms with Crippen molar-refractivity contribution in [3.63, 3.8) is 0 Å². The molecule has 18 heavy (non-hydrogen) atoms. The summed E-state index contributed by atoms with van der Waals surface area (Å²) in [5.41, 5.74) is 0. The van der Waals surface area contributed by atoms with E-state index in [0.29, 0.717) is 13.1 Å². The zero-order valence-electron chi connectivity index (χ0n) is 10.3. The van der Waals surface area contributed by atoms with Gasteiger partial charge in [-0.15, -0.1) is 0 Å². The van der Waals surface area contributed by atoms with Gasteiger partial charge >= 0.3 is 5.97 Å². The van der Waals surface area contributed by atoms with E-state index in [9.17, 15) is 13.2 Å². The molecule has 8 heteroatoms. The van der Waals surface area contributed by atoms with Crippen molar-refractivity contribution in [1.82, 2.24) is 8.61 Å². The molecule has 0 radical (unpaired) electrons. The summed E-state index contributed by atoms with van der Waals surface area (Å²) in [5, 5.41) is 9.05. The molecule has 7 nitrogen and oxygen atoms in total. The average Bonchev–Trinajstić information content (AvgIpc) is 2.98. The molecule has 0 amide bonds. The van der Waals surface area contributed by atoms with Gasteiger partial charge in [0.05, 0.1) is 25.2 Å². The number of ether oxygens (including phenoxy) is 1. The number of nitrogens with zero attached hydrogens (tertiary/aromatic N) is 2. The molecular weight excluding hydrogens is 260 g/mol. The molecule has 0 aliphatic carbocycles. The number of rotatable bonds is 4. The van der Waals surface area contributed by atoms with Crippen LogP contribution in [-0.2, 0) is 19.7 Å². The van der Waals surface area contributed by atoms with Crippen LogP contribution in [0.5, 0.6) is 0 Å². The number of carboxylic acid groups (broad SMARTS) is 1. The van der Waals surface area contributed by atoms with Gasteiger partial charge in [-0.3, -0.25) is 4.79 Å². The topological polar surface area (TPSA) is 87.1 Å².